The van der Waals surface area contributed by atoms with E-state index in [1.165, 1.54) is 0 Å². The molecule has 0 radical (unpaired) electrons. The first kappa shape index (κ1) is 15.9. The average molecular weight is 258 g/mol. The van der Waals surface area contributed by atoms with Crippen LogP contribution in [0.4, 0.5) is 0 Å². The minimum atomic E-state index is 0.279. The van der Waals surface area contributed by atoms with Gasteiger partial charge in [0.25, 0.3) is 0 Å². The fraction of sp³-hybridized carbons (Fsp3) is 1.00. The molecule has 1 aliphatic heterocycles. The highest BCUT2D eigenvalue weighted by Crippen LogP contribution is 2.17. The Kier molecular flexibility index (Phi) is 7.82. The topological polar surface area (TPSA) is 44.7 Å². The van der Waals surface area contributed by atoms with Gasteiger partial charge in [0.2, 0.25) is 0 Å². The van der Waals surface area contributed by atoms with E-state index < -0.39 is 0 Å². The van der Waals surface area contributed by atoms with E-state index in [0.29, 0.717) is 18.0 Å². The summed E-state index contributed by atoms with van der Waals surface area (Å²) in [6.45, 7) is 11.7. The van der Waals surface area contributed by atoms with Crippen LogP contribution in [0.5, 0.6) is 0 Å². The molecule has 2 unspecified atom stereocenters. The van der Waals surface area contributed by atoms with Gasteiger partial charge < -0.3 is 20.1 Å². The van der Waals surface area contributed by atoms with Crippen LogP contribution in [0.3, 0.4) is 0 Å². The van der Waals surface area contributed by atoms with Crippen molar-refractivity contribution in [2.75, 3.05) is 39.5 Å². The number of rotatable bonds is 8. The lowest BCUT2D eigenvalue weighted by molar-refractivity contribution is 0.0117. The second-order valence-corrected chi connectivity index (χ2v) is 5.45. The average Bonchev–Trinajstić information content (AvgIpc) is 2.36. The van der Waals surface area contributed by atoms with Crippen molar-refractivity contribution in [3.63, 3.8) is 0 Å². The second kappa shape index (κ2) is 8.86. The molecule has 0 aromatic carbocycles. The number of ether oxygens (including phenoxy) is 1. The third-order valence-electron chi connectivity index (χ3n) is 3.74. The maximum absolute atomic E-state index is 8.98. The third kappa shape index (κ3) is 5.22. The molecule has 4 nitrogen and oxygen atoms in total. The predicted octanol–water partition coefficient (Wildman–Crippen LogP) is 1.09. The lowest BCUT2D eigenvalue weighted by Crippen LogP contribution is -2.49. The number of nitrogens with one attached hydrogen (secondary N) is 1. The number of aliphatic hydroxyl groups is 1. The van der Waals surface area contributed by atoms with Gasteiger partial charge in [0.15, 0.2) is 0 Å². The first-order valence-corrected chi connectivity index (χ1v) is 7.35. The first-order chi connectivity index (χ1) is 8.69. The summed E-state index contributed by atoms with van der Waals surface area (Å²) in [7, 11) is 0. The standard InChI is InChI=1S/C14H30N2O2/c1-4-15-14-6-9-18-11-13(14)10-16(12(2)3)7-5-8-17/h12-15,17H,4-11H2,1-3H3. The Bertz CT molecular complexity index is 210. The maximum Gasteiger partial charge on any atom is 0.0521 e. The predicted molar refractivity (Wildman–Crippen MR) is 74.8 cm³/mol. The molecule has 1 saturated heterocycles. The van der Waals surface area contributed by atoms with E-state index in [2.05, 4.69) is 31.0 Å². The molecule has 2 atom stereocenters. The molecule has 1 aliphatic rings. The van der Waals surface area contributed by atoms with Crippen molar-refractivity contribution in [3.05, 3.63) is 0 Å². The minimum absolute atomic E-state index is 0.279. The van der Waals surface area contributed by atoms with E-state index in [0.717, 1.165) is 45.7 Å². The van der Waals surface area contributed by atoms with Gasteiger partial charge in [-0.25, -0.2) is 0 Å². The Labute approximate surface area is 112 Å². The Hall–Kier alpha value is -0.160. The minimum Gasteiger partial charge on any atom is -0.396 e. The summed E-state index contributed by atoms with van der Waals surface area (Å²) in [5.41, 5.74) is 0. The van der Waals surface area contributed by atoms with E-state index in [-0.39, 0.29) is 6.61 Å². The molecule has 0 spiro atoms. The molecule has 0 amide bonds. The van der Waals surface area contributed by atoms with Crippen molar-refractivity contribution in [2.45, 2.75) is 45.7 Å². The van der Waals surface area contributed by atoms with Crippen LogP contribution < -0.4 is 5.32 Å². The van der Waals surface area contributed by atoms with E-state index in [1.807, 2.05) is 0 Å². The van der Waals surface area contributed by atoms with Gasteiger partial charge in [-0.15, -0.1) is 0 Å². The number of nitrogens with zero attached hydrogens (tertiary/aromatic N) is 1. The largest absolute Gasteiger partial charge is 0.396 e. The number of hydrogen-bond donors (Lipinski definition) is 2. The van der Waals surface area contributed by atoms with Crippen LogP contribution in [0.1, 0.15) is 33.6 Å². The molecule has 4 heteroatoms. The van der Waals surface area contributed by atoms with Crippen molar-refractivity contribution < 1.29 is 9.84 Å². The molecule has 0 bridgehead atoms. The molecule has 0 aromatic rings. The highest BCUT2D eigenvalue weighted by molar-refractivity contribution is 4.82. The summed E-state index contributed by atoms with van der Waals surface area (Å²) < 4.78 is 5.63. The molecule has 0 aromatic heterocycles. The van der Waals surface area contributed by atoms with Gasteiger partial charge in [0.05, 0.1) is 6.61 Å². The SMILES string of the molecule is CCNC1CCOCC1CN(CCCO)C(C)C. The summed E-state index contributed by atoms with van der Waals surface area (Å²) >= 11 is 0. The van der Waals surface area contributed by atoms with Gasteiger partial charge in [-0.2, -0.15) is 0 Å². The highest BCUT2D eigenvalue weighted by atomic mass is 16.5. The van der Waals surface area contributed by atoms with Crippen LogP contribution in [0.25, 0.3) is 0 Å². The Balaban J connectivity index is 2.48. The molecule has 2 N–H and O–H groups in total. The molecule has 0 saturated carbocycles. The summed E-state index contributed by atoms with van der Waals surface area (Å²) in [5.74, 6) is 0.569. The van der Waals surface area contributed by atoms with Gasteiger partial charge in [-0.3, -0.25) is 0 Å². The van der Waals surface area contributed by atoms with Gasteiger partial charge >= 0.3 is 0 Å². The molecule has 18 heavy (non-hydrogen) atoms. The van der Waals surface area contributed by atoms with E-state index in [4.69, 9.17) is 9.84 Å². The zero-order chi connectivity index (χ0) is 13.4. The molecular formula is C14H30N2O2. The van der Waals surface area contributed by atoms with E-state index in [1.54, 1.807) is 0 Å². The normalized spacial score (nSPS) is 25.0. The summed E-state index contributed by atoms with van der Waals surface area (Å²) in [6, 6.07) is 1.11. The van der Waals surface area contributed by atoms with Crippen molar-refractivity contribution in [1.29, 1.82) is 0 Å². The lowest BCUT2D eigenvalue weighted by atomic mass is 9.94. The lowest BCUT2D eigenvalue weighted by Gasteiger charge is -2.37. The van der Waals surface area contributed by atoms with Gasteiger partial charge in [0.1, 0.15) is 0 Å². The van der Waals surface area contributed by atoms with Crippen molar-refractivity contribution in [1.82, 2.24) is 10.2 Å². The summed E-state index contributed by atoms with van der Waals surface area (Å²) in [4.78, 5) is 2.46. The highest BCUT2D eigenvalue weighted by Gasteiger charge is 2.27. The molecule has 1 rings (SSSR count). The maximum atomic E-state index is 8.98. The molecule has 0 aliphatic carbocycles. The fourth-order valence-corrected chi connectivity index (χ4v) is 2.64. The number of hydrogen-bond acceptors (Lipinski definition) is 4. The van der Waals surface area contributed by atoms with Crippen LogP contribution in [0.2, 0.25) is 0 Å². The molecular weight excluding hydrogens is 228 g/mol. The van der Waals surface area contributed by atoms with Crippen LogP contribution in [-0.4, -0.2) is 61.5 Å². The third-order valence-corrected chi connectivity index (χ3v) is 3.74. The summed E-state index contributed by atoms with van der Waals surface area (Å²) in [6.07, 6.45) is 1.97. The van der Waals surface area contributed by atoms with Crippen molar-refractivity contribution >= 4 is 0 Å². The van der Waals surface area contributed by atoms with Crippen molar-refractivity contribution in [3.8, 4) is 0 Å². The molecule has 1 heterocycles. The Morgan fingerprint density at radius 2 is 2.22 bits per heavy atom. The van der Waals surface area contributed by atoms with Crippen LogP contribution in [0, 0.1) is 5.92 Å². The van der Waals surface area contributed by atoms with Gasteiger partial charge in [0, 0.05) is 44.3 Å². The Morgan fingerprint density at radius 1 is 1.44 bits per heavy atom. The first-order valence-electron chi connectivity index (χ1n) is 7.35. The fourth-order valence-electron chi connectivity index (χ4n) is 2.64. The number of aliphatic hydroxyl groups excluding tert-OH is 1. The van der Waals surface area contributed by atoms with Crippen molar-refractivity contribution in [2.24, 2.45) is 5.92 Å². The smallest absolute Gasteiger partial charge is 0.0521 e. The molecule has 108 valence electrons. The monoisotopic (exact) mass is 258 g/mol. The molecule has 1 fully saturated rings. The van der Waals surface area contributed by atoms with E-state index in [9.17, 15) is 0 Å². The van der Waals surface area contributed by atoms with E-state index >= 15 is 0 Å². The zero-order valence-electron chi connectivity index (χ0n) is 12.2. The quantitative estimate of drug-likeness (QED) is 0.684. The van der Waals surface area contributed by atoms with Crippen LogP contribution >= 0.6 is 0 Å². The Morgan fingerprint density at radius 3 is 2.83 bits per heavy atom. The van der Waals surface area contributed by atoms with Gasteiger partial charge in [-0.1, -0.05) is 6.92 Å². The zero-order valence-corrected chi connectivity index (χ0v) is 12.2. The summed E-state index contributed by atoms with van der Waals surface area (Å²) in [5, 5.41) is 12.6. The van der Waals surface area contributed by atoms with Gasteiger partial charge in [-0.05, 0) is 33.2 Å². The van der Waals surface area contributed by atoms with Crippen LogP contribution in [0.15, 0.2) is 0 Å². The van der Waals surface area contributed by atoms with Crippen LogP contribution in [-0.2, 0) is 4.74 Å². The second-order valence-electron chi connectivity index (χ2n) is 5.45.